The molecule has 4 rings (SSSR count). The molecule has 1 saturated carbocycles. The van der Waals surface area contributed by atoms with Crippen LogP contribution < -0.4 is 11.1 Å². The lowest BCUT2D eigenvalue weighted by Crippen LogP contribution is -2.19. The van der Waals surface area contributed by atoms with E-state index in [-0.39, 0.29) is 5.41 Å². The van der Waals surface area contributed by atoms with Gasteiger partial charge in [-0.3, -0.25) is 0 Å². The summed E-state index contributed by atoms with van der Waals surface area (Å²) < 4.78 is 1.71. The maximum Gasteiger partial charge on any atom is 0.240 e. The van der Waals surface area contributed by atoms with Gasteiger partial charge in [0.25, 0.3) is 0 Å². The van der Waals surface area contributed by atoms with E-state index in [0.717, 1.165) is 17.9 Å². The summed E-state index contributed by atoms with van der Waals surface area (Å²) in [6.07, 6.45) is 4.30. The van der Waals surface area contributed by atoms with Crippen molar-refractivity contribution in [1.82, 2.24) is 14.6 Å². The predicted molar refractivity (Wildman–Crippen MR) is 83.2 cm³/mol. The highest BCUT2D eigenvalue weighted by molar-refractivity contribution is 5.68. The van der Waals surface area contributed by atoms with Crippen LogP contribution in [0.25, 0.3) is 5.65 Å². The lowest BCUT2D eigenvalue weighted by atomic mass is 9.96. The van der Waals surface area contributed by atoms with Crippen molar-refractivity contribution in [3.05, 3.63) is 54.2 Å². The molecule has 1 aromatic carbocycles. The highest BCUT2D eigenvalue weighted by Gasteiger charge is 2.43. The monoisotopic (exact) mass is 279 g/mol. The Kier molecular flexibility index (Phi) is 2.60. The summed E-state index contributed by atoms with van der Waals surface area (Å²) >= 11 is 0. The lowest BCUT2D eigenvalue weighted by molar-refractivity contribution is 0.732. The number of nitrogens with zero attached hydrogens (tertiary/aromatic N) is 3. The van der Waals surface area contributed by atoms with E-state index in [4.69, 9.17) is 5.73 Å². The van der Waals surface area contributed by atoms with Crippen LogP contribution in [-0.2, 0) is 5.41 Å². The van der Waals surface area contributed by atoms with E-state index in [2.05, 4.69) is 45.7 Å². The summed E-state index contributed by atoms with van der Waals surface area (Å²) in [4.78, 5) is 4.27. The molecule has 5 heteroatoms. The number of rotatable bonds is 4. The second-order valence-corrected chi connectivity index (χ2v) is 5.66. The molecule has 1 fully saturated rings. The van der Waals surface area contributed by atoms with E-state index < -0.39 is 0 Å². The molecule has 21 heavy (non-hydrogen) atoms. The maximum absolute atomic E-state index is 5.67. The van der Waals surface area contributed by atoms with Crippen molar-refractivity contribution in [2.45, 2.75) is 18.3 Å². The van der Waals surface area contributed by atoms with Gasteiger partial charge in [0, 0.05) is 18.2 Å². The van der Waals surface area contributed by atoms with Gasteiger partial charge in [-0.25, -0.2) is 4.52 Å². The Hall–Kier alpha value is -2.56. The minimum atomic E-state index is 0.264. The average molecular weight is 279 g/mol. The van der Waals surface area contributed by atoms with E-state index in [9.17, 15) is 0 Å². The molecule has 2 aromatic heterocycles. The van der Waals surface area contributed by atoms with Crippen LogP contribution in [0, 0.1) is 0 Å². The Balaban J connectivity index is 1.59. The number of hydrogen-bond donors (Lipinski definition) is 2. The molecule has 3 N–H and O–H groups in total. The van der Waals surface area contributed by atoms with Gasteiger partial charge in [-0.2, -0.15) is 4.98 Å². The molecular weight excluding hydrogens is 262 g/mol. The van der Waals surface area contributed by atoms with Crippen molar-refractivity contribution in [1.29, 1.82) is 0 Å². The Bertz CT molecular complexity index is 774. The highest BCUT2D eigenvalue weighted by Crippen LogP contribution is 2.48. The number of fused-ring (bicyclic) bond motifs is 1. The second-order valence-electron chi connectivity index (χ2n) is 5.66. The molecular formula is C16H17N5. The van der Waals surface area contributed by atoms with Crippen molar-refractivity contribution in [3.8, 4) is 0 Å². The zero-order valence-electron chi connectivity index (χ0n) is 11.7. The van der Waals surface area contributed by atoms with Gasteiger partial charge in [0.2, 0.25) is 5.95 Å². The first-order valence-corrected chi connectivity index (χ1v) is 7.17. The molecule has 0 radical (unpaired) electrons. The Morgan fingerprint density at radius 3 is 2.71 bits per heavy atom. The van der Waals surface area contributed by atoms with Gasteiger partial charge in [0.05, 0.1) is 5.69 Å². The molecule has 0 atom stereocenters. The first-order valence-electron chi connectivity index (χ1n) is 7.17. The molecule has 3 aromatic rings. The van der Waals surface area contributed by atoms with Gasteiger partial charge < -0.3 is 11.1 Å². The van der Waals surface area contributed by atoms with Gasteiger partial charge in [-0.1, -0.05) is 30.3 Å². The molecule has 5 nitrogen and oxygen atoms in total. The number of anilines is 2. The molecule has 0 aliphatic heterocycles. The van der Waals surface area contributed by atoms with Gasteiger partial charge in [-0.15, -0.1) is 5.10 Å². The topological polar surface area (TPSA) is 68.2 Å². The molecule has 0 amide bonds. The summed E-state index contributed by atoms with van der Waals surface area (Å²) in [6.45, 7) is 0.906. The number of aromatic nitrogens is 3. The Morgan fingerprint density at radius 1 is 1.14 bits per heavy atom. The fraction of sp³-hybridized carbons (Fsp3) is 0.250. The van der Waals surface area contributed by atoms with Crippen molar-refractivity contribution >= 4 is 17.3 Å². The van der Waals surface area contributed by atoms with Gasteiger partial charge in [0.1, 0.15) is 0 Å². The summed E-state index contributed by atoms with van der Waals surface area (Å²) in [7, 11) is 0. The standard InChI is InChI=1S/C16H17N5/c17-15-19-14-13(7-4-10-21(14)20-15)18-11-16(8-9-16)12-5-2-1-3-6-12/h1-7,10,18H,8-9,11H2,(H2,17,20). The quantitative estimate of drug-likeness (QED) is 0.769. The van der Waals surface area contributed by atoms with Gasteiger partial charge in [0.15, 0.2) is 5.65 Å². The van der Waals surface area contributed by atoms with Crippen molar-refractivity contribution in [2.24, 2.45) is 0 Å². The van der Waals surface area contributed by atoms with E-state index >= 15 is 0 Å². The molecule has 0 unspecified atom stereocenters. The van der Waals surface area contributed by atoms with Crippen LogP contribution in [0.1, 0.15) is 18.4 Å². The van der Waals surface area contributed by atoms with E-state index in [1.54, 1.807) is 4.52 Å². The number of pyridine rings is 1. The summed E-state index contributed by atoms with van der Waals surface area (Å²) in [5, 5.41) is 7.66. The number of nitrogens with two attached hydrogens (primary N) is 1. The second kappa shape index (κ2) is 4.48. The highest BCUT2D eigenvalue weighted by atomic mass is 15.3. The fourth-order valence-electron chi connectivity index (χ4n) is 2.84. The van der Waals surface area contributed by atoms with E-state index in [1.165, 1.54) is 18.4 Å². The van der Waals surface area contributed by atoms with Gasteiger partial charge in [-0.05, 0) is 30.5 Å². The SMILES string of the molecule is Nc1nc2c(NCC3(c4ccccc4)CC3)cccn2n1. The normalized spacial score (nSPS) is 16.0. The molecule has 1 aliphatic rings. The summed E-state index contributed by atoms with van der Waals surface area (Å²) in [6, 6.07) is 14.7. The smallest absolute Gasteiger partial charge is 0.240 e. The zero-order valence-corrected chi connectivity index (χ0v) is 11.7. The van der Waals surface area contributed by atoms with Crippen molar-refractivity contribution in [2.75, 3.05) is 17.6 Å². The third-order valence-corrected chi connectivity index (χ3v) is 4.24. The molecule has 0 bridgehead atoms. The van der Waals surface area contributed by atoms with Crippen LogP contribution in [0.15, 0.2) is 48.7 Å². The minimum absolute atomic E-state index is 0.264. The van der Waals surface area contributed by atoms with Crippen molar-refractivity contribution in [3.63, 3.8) is 0 Å². The largest absolute Gasteiger partial charge is 0.381 e. The number of hydrogen-bond acceptors (Lipinski definition) is 4. The third-order valence-electron chi connectivity index (χ3n) is 4.24. The molecule has 106 valence electrons. The molecule has 2 heterocycles. The fourth-order valence-corrected chi connectivity index (χ4v) is 2.84. The van der Waals surface area contributed by atoms with Crippen LogP contribution in [-0.4, -0.2) is 21.1 Å². The molecule has 0 spiro atoms. The molecule has 0 saturated heterocycles. The molecule has 1 aliphatic carbocycles. The first-order chi connectivity index (χ1) is 10.3. The predicted octanol–water partition coefficient (Wildman–Crippen LogP) is 2.46. The third kappa shape index (κ3) is 2.11. The minimum Gasteiger partial charge on any atom is -0.381 e. The zero-order chi connectivity index (χ0) is 14.3. The Morgan fingerprint density at radius 2 is 1.95 bits per heavy atom. The number of nitrogen functional groups attached to an aromatic ring is 1. The summed E-state index contributed by atoms with van der Waals surface area (Å²) in [5.74, 6) is 0.299. The number of nitrogens with one attached hydrogen (secondary N) is 1. The van der Waals surface area contributed by atoms with Crippen LogP contribution in [0.3, 0.4) is 0 Å². The van der Waals surface area contributed by atoms with Crippen LogP contribution in [0.5, 0.6) is 0 Å². The van der Waals surface area contributed by atoms with Crippen LogP contribution in [0.2, 0.25) is 0 Å². The van der Waals surface area contributed by atoms with Crippen molar-refractivity contribution < 1.29 is 0 Å². The Labute approximate surface area is 122 Å². The van der Waals surface area contributed by atoms with Crippen LogP contribution >= 0.6 is 0 Å². The van der Waals surface area contributed by atoms with Crippen LogP contribution in [0.4, 0.5) is 11.6 Å². The maximum atomic E-state index is 5.67. The van der Waals surface area contributed by atoms with E-state index in [0.29, 0.717) is 5.95 Å². The van der Waals surface area contributed by atoms with Gasteiger partial charge >= 0.3 is 0 Å². The first kappa shape index (κ1) is 12.2. The summed E-state index contributed by atoms with van der Waals surface area (Å²) in [5.41, 5.74) is 9.10. The number of benzene rings is 1. The van der Waals surface area contributed by atoms with E-state index in [1.807, 2.05) is 18.3 Å². The average Bonchev–Trinajstić information content (AvgIpc) is 3.20. The lowest BCUT2D eigenvalue weighted by Gasteiger charge is -2.17.